The molecule has 3 heterocycles. The zero-order valence-electron chi connectivity index (χ0n) is 16.0. The number of furan rings is 1. The van der Waals surface area contributed by atoms with E-state index in [-0.39, 0.29) is 0 Å². The minimum atomic E-state index is 0.875. The summed E-state index contributed by atoms with van der Waals surface area (Å²) in [6.07, 6.45) is 0. The Morgan fingerprint density at radius 1 is 0.833 bits per heavy atom. The second kappa shape index (κ2) is 6.00. The van der Waals surface area contributed by atoms with Gasteiger partial charge in [-0.05, 0) is 35.9 Å². The van der Waals surface area contributed by atoms with Crippen molar-refractivity contribution in [2.75, 3.05) is 0 Å². The molecule has 0 saturated heterocycles. The molecule has 0 saturated carbocycles. The SMILES string of the molecule is c1ccc2c(c1)nc1n2-c2ccc(-c3cccc4c3oc3ccccc34)cc2SC1. The molecule has 0 amide bonds. The van der Waals surface area contributed by atoms with E-state index in [2.05, 4.69) is 71.3 Å². The van der Waals surface area contributed by atoms with E-state index in [1.54, 1.807) is 0 Å². The number of benzene rings is 4. The van der Waals surface area contributed by atoms with Crippen molar-refractivity contribution in [3.63, 3.8) is 0 Å². The van der Waals surface area contributed by atoms with Crippen molar-refractivity contribution in [1.82, 2.24) is 9.55 Å². The van der Waals surface area contributed by atoms with E-state index >= 15 is 0 Å². The minimum absolute atomic E-state index is 0.875. The summed E-state index contributed by atoms with van der Waals surface area (Å²) >= 11 is 1.85. The highest BCUT2D eigenvalue weighted by Gasteiger charge is 2.21. The average molecular weight is 404 g/mol. The lowest BCUT2D eigenvalue weighted by molar-refractivity contribution is 0.670. The third kappa shape index (κ3) is 2.20. The smallest absolute Gasteiger partial charge is 0.143 e. The number of imidazole rings is 1. The fourth-order valence-electron chi connectivity index (χ4n) is 4.54. The molecule has 0 fully saturated rings. The van der Waals surface area contributed by atoms with Crippen LogP contribution in [-0.4, -0.2) is 9.55 Å². The zero-order valence-corrected chi connectivity index (χ0v) is 16.8. The van der Waals surface area contributed by atoms with Crippen LogP contribution in [0.2, 0.25) is 0 Å². The highest BCUT2D eigenvalue weighted by Crippen LogP contribution is 2.41. The lowest BCUT2D eigenvalue weighted by atomic mass is 10.0. The number of aromatic nitrogens is 2. The number of rotatable bonds is 1. The monoisotopic (exact) mass is 404 g/mol. The molecule has 4 heteroatoms. The predicted octanol–water partition coefficient (Wildman–Crippen LogP) is 7.20. The van der Waals surface area contributed by atoms with Crippen LogP contribution in [0.5, 0.6) is 0 Å². The fraction of sp³-hybridized carbons (Fsp3) is 0.0385. The summed E-state index contributed by atoms with van der Waals surface area (Å²) in [6, 6.07) is 29.7. The summed E-state index contributed by atoms with van der Waals surface area (Å²) in [5.74, 6) is 1.99. The van der Waals surface area contributed by atoms with Gasteiger partial charge < -0.3 is 4.42 Å². The van der Waals surface area contributed by atoms with E-state index in [1.165, 1.54) is 21.7 Å². The highest BCUT2D eigenvalue weighted by atomic mass is 32.2. The molecule has 3 nitrogen and oxygen atoms in total. The number of thioether (sulfide) groups is 1. The number of fused-ring (bicyclic) bond motifs is 8. The molecule has 0 aliphatic carbocycles. The van der Waals surface area contributed by atoms with Crippen molar-refractivity contribution in [1.29, 1.82) is 0 Å². The number of hydrogen-bond acceptors (Lipinski definition) is 3. The Morgan fingerprint density at radius 3 is 2.70 bits per heavy atom. The Balaban J connectivity index is 1.45. The van der Waals surface area contributed by atoms with Crippen LogP contribution in [0.1, 0.15) is 5.82 Å². The number of nitrogens with zero attached hydrogens (tertiary/aromatic N) is 2. The van der Waals surface area contributed by atoms with Gasteiger partial charge in [-0.2, -0.15) is 0 Å². The number of hydrogen-bond donors (Lipinski definition) is 0. The van der Waals surface area contributed by atoms with Crippen molar-refractivity contribution in [3.8, 4) is 16.8 Å². The van der Waals surface area contributed by atoms with Gasteiger partial charge in [0, 0.05) is 21.2 Å². The topological polar surface area (TPSA) is 31.0 Å². The molecule has 142 valence electrons. The molecule has 0 unspecified atom stereocenters. The summed E-state index contributed by atoms with van der Waals surface area (Å²) in [4.78, 5) is 6.10. The van der Waals surface area contributed by atoms with Crippen LogP contribution in [0, 0.1) is 0 Å². The van der Waals surface area contributed by atoms with E-state index in [0.717, 1.165) is 44.6 Å². The first-order valence-corrected chi connectivity index (χ1v) is 11.0. The van der Waals surface area contributed by atoms with Crippen molar-refractivity contribution in [3.05, 3.63) is 90.8 Å². The van der Waals surface area contributed by atoms with E-state index < -0.39 is 0 Å². The maximum absolute atomic E-state index is 6.26. The van der Waals surface area contributed by atoms with Gasteiger partial charge in [-0.1, -0.05) is 54.6 Å². The van der Waals surface area contributed by atoms with Crippen LogP contribution < -0.4 is 0 Å². The van der Waals surface area contributed by atoms with Gasteiger partial charge in [0.05, 0.1) is 22.5 Å². The third-order valence-electron chi connectivity index (χ3n) is 5.90. The van der Waals surface area contributed by atoms with Crippen LogP contribution in [0.3, 0.4) is 0 Å². The zero-order chi connectivity index (χ0) is 19.7. The Hall–Kier alpha value is -3.50. The van der Waals surface area contributed by atoms with Crippen molar-refractivity contribution < 1.29 is 4.42 Å². The molecular formula is C26H16N2OS. The first-order valence-electron chi connectivity index (χ1n) is 10.0. The second-order valence-corrected chi connectivity index (χ2v) is 8.62. The summed E-state index contributed by atoms with van der Waals surface area (Å²) < 4.78 is 8.56. The molecule has 7 rings (SSSR count). The first-order chi connectivity index (χ1) is 14.9. The molecule has 30 heavy (non-hydrogen) atoms. The maximum Gasteiger partial charge on any atom is 0.143 e. The van der Waals surface area contributed by atoms with Gasteiger partial charge >= 0.3 is 0 Å². The molecule has 2 aromatic heterocycles. The van der Waals surface area contributed by atoms with Crippen LogP contribution in [0.4, 0.5) is 0 Å². The molecule has 1 aliphatic rings. The highest BCUT2D eigenvalue weighted by molar-refractivity contribution is 7.98. The quantitative estimate of drug-likeness (QED) is 0.290. The van der Waals surface area contributed by atoms with E-state index in [1.807, 2.05) is 30.0 Å². The first kappa shape index (κ1) is 16.3. The molecule has 0 atom stereocenters. The van der Waals surface area contributed by atoms with Crippen LogP contribution in [0.15, 0.2) is 94.2 Å². The van der Waals surface area contributed by atoms with Gasteiger partial charge in [0.25, 0.3) is 0 Å². The molecule has 0 bridgehead atoms. The van der Waals surface area contributed by atoms with Crippen molar-refractivity contribution in [2.24, 2.45) is 0 Å². The molecule has 0 N–H and O–H groups in total. The van der Waals surface area contributed by atoms with Crippen molar-refractivity contribution >= 4 is 44.7 Å². The van der Waals surface area contributed by atoms with Gasteiger partial charge in [-0.3, -0.25) is 4.57 Å². The largest absolute Gasteiger partial charge is 0.455 e. The summed E-state index contributed by atoms with van der Waals surface area (Å²) in [6.45, 7) is 0. The van der Waals surface area contributed by atoms with Gasteiger partial charge in [-0.25, -0.2) is 4.98 Å². The normalized spacial score (nSPS) is 13.1. The van der Waals surface area contributed by atoms with Gasteiger partial charge in [-0.15, -0.1) is 11.8 Å². The third-order valence-corrected chi connectivity index (χ3v) is 6.94. The molecule has 0 spiro atoms. The summed E-state index contributed by atoms with van der Waals surface area (Å²) in [7, 11) is 0. The Morgan fingerprint density at radius 2 is 1.70 bits per heavy atom. The molecule has 4 aromatic carbocycles. The lowest BCUT2D eigenvalue weighted by Crippen LogP contribution is -2.06. The fourth-order valence-corrected chi connectivity index (χ4v) is 5.54. The molecule has 1 aliphatic heterocycles. The maximum atomic E-state index is 6.26. The summed E-state index contributed by atoms with van der Waals surface area (Å²) in [5.41, 5.74) is 7.62. The second-order valence-electron chi connectivity index (χ2n) is 7.60. The minimum Gasteiger partial charge on any atom is -0.455 e. The lowest BCUT2D eigenvalue weighted by Gasteiger charge is -2.19. The van der Waals surface area contributed by atoms with Crippen LogP contribution in [0.25, 0.3) is 49.8 Å². The Bertz CT molecular complexity index is 1610. The van der Waals surface area contributed by atoms with Crippen LogP contribution >= 0.6 is 11.8 Å². The van der Waals surface area contributed by atoms with E-state index in [4.69, 9.17) is 9.40 Å². The number of para-hydroxylation sites is 4. The molecular weight excluding hydrogens is 388 g/mol. The van der Waals surface area contributed by atoms with E-state index in [9.17, 15) is 0 Å². The molecule has 6 aromatic rings. The average Bonchev–Trinajstić information content (AvgIpc) is 3.37. The van der Waals surface area contributed by atoms with Gasteiger partial charge in [0.2, 0.25) is 0 Å². The summed E-state index contributed by atoms with van der Waals surface area (Å²) in [5, 5.41) is 2.33. The Labute approximate surface area is 177 Å². The van der Waals surface area contributed by atoms with E-state index in [0.29, 0.717) is 0 Å². The van der Waals surface area contributed by atoms with Crippen molar-refractivity contribution in [2.45, 2.75) is 10.6 Å². The molecule has 0 radical (unpaired) electrons. The predicted molar refractivity (Wildman–Crippen MR) is 123 cm³/mol. The van der Waals surface area contributed by atoms with Gasteiger partial charge in [0.1, 0.15) is 17.0 Å². The van der Waals surface area contributed by atoms with Gasteiger partial charge in [0.15, 0.2) is 0 Å². The standard InChI is InChI=1S/C26H16N2OS/c1-4-11-23-18(6-1)19-8-5-7-17(26(19)29-23)16-12-13-22-24(14-16)30-15-25-27-20-9-2-3-10-21(20)28(22)25/h1-14H,15H2. The van der Waals surface area contributed by atoms with Crippen LogP contribution in [-0.2, 0) is 5.75 Å². The Kier molecular flexibility index (Phi) is 3.26.